The van der Waals surface area contributed by atoms with Crippen LogP contribution in [0.4, 0.5) is 5.69 Å². The van der Waals surface area contributed by atoms with Crippen molar-refractivity contribution in [1.29, 1.82) is 0 Å². The molecule has 3 aromatic carbocycles. The summed E-state index contributed by atoms with van der Waals surface area (Å²) in [5.41, 5.74) is 8.07. The summed E-state index contributed by atoms with van der Waals surface area (Å²) in [7, 11) is -1.18. The summed E-state index contributed by atoms with van der Waals surface area (Å²) >= 11 is 0. The summed E-state index contributed by atoms with van der Waals surface area (Å²) in [5, 5.41) is 10.5. The second-order valence-electron chi connectivity index (χ2n) is 9.57. The van der Waals surface area contributed by atoms with E-state index < -0.39 is 39.8 Å². The standard InChI is InChI=1S/C27H26N2O9S/c1-34-21-7-13(8-22(35-2)26(21)30)23-16-9-19-20(38-12-37-19)10-17(16)25(18-11-36-27(31)24(18)23)29-39(32,33)15-5-3-14(28)4-6-15/h3-10,18,23-25,29-30H,11-12,28H2,1-2H3/t18-,23+,24-,25+/m0/s1. The van der Waals surface area contributed by atoms with E-state index in [1.165, 1.54) is 38.5 Å². The average molecular weight is 555 g/mol. The van der Waals surface area contributed by atoms with Gasteiger partial charge in [-0.25, -0.2) is 13.1 Å². The second-order valence-corrected chi connectivity index (χ2v) is 11.3. The van der Waals surface area contributed by atoms with E-state index in [1.807, 2.05) is 0 Å². The Morgan fingerprint density at radius 3 is 2.18 bits per heavy atom. The molecule has 0 saturated carbocycles. The maximum Gasteiger partial charge on any atom is 0.310 e. The average Bonchev–Trinajstić information content (AvgIpc) is 3.54. The monoisotopic (exact) mass is 554 g/mol. The normalized spacial score (nSPS) is 23.1. The quantitative estimate of drug-likeness (QED) is 0.306. The van der Waals surface area contributed by atoms with Gasteiger partial charge in [-0.1, -0.05) is 0 Å². The largest absolute Gasteiger partial charge is 0.502 e. The van der Waals surface area contributed by atoms with Gasteiger partial charge in [0.05, 0.1) is 37.7 Å². The van der Waals surface area contributed by atoms with E-state index in [4.69, 9.17) is 29.4 Å². The van der Waals surface area contributed by atoms with E-state index in [0.29, 0.717) is 33.9 Å². The maximum absolute atomic E-state index is 13.5. The molecule has 6 rings (SSSR count). The molecule has 0 spiro atoms. The van der Waals surface area contributed by atoms with Crippen LogP contribution in [0.5, 0.6) is 28.7 Å². The number of phenolic OH excluding ortho intramolecular Hbond substituents is 1. The molecule has 0 amide bonds. The van der Waals surface area contributed by atoms with Gasteiger partial charge in [-0.3, -0.25) is 4.79 Å². The number of nitrogen functional groups attached to an aromatic ring is 1. The van der Waals surface area contributed by atoms with Gasteiger partial charge in [0, 0.05) is 17.5 Å². The van der Waals surface area contributed by atoms with Crippen molar-refractivity contribution in [2.75, 3.05) is 33.4 Å². The Hall–Kier alpha value is -4.16. The van der Waals surface area contributed by atoms with Crippen LogP contribution in [0, 0.1) is 11.8 Å². The van der Waals surface area contributed by atoms with Gasteiger partial charge in [0.15, 0.2) is 23.0 Å². The highest BCUT2D eigenvalue weighted by atomic mass is 32.2. The lowest BCUT2D eigenvalue weighted by Gasteiger charge is -2.39. The van der Waals surface area contributed by atoms with Crippen LogP contribution >= 0.6 is 0 Å². The van der Waals surface area contributed by atoms with Gasteiger partial charge in [-0.2, -0.15) is 0 Å². The summed E-state index contributed by atoms with van der Waals surface area (Å²) in [6, 6.07) is 11.8. The van der Waals surface area contributed by atoms with Crippen molar-refractivity contribution in [2.24, 2.45) is 11.8 Å². The summed E-state index contributed by atoms with van der Waals surface area (Å²) in [6.45, 7) is 0.0235. The first-order valence-corrected chi connectivity index (χ1v) is 13.6. The molecule has 4 atom stereocenters. The fourth-order valence-electron chi connectivity index (χ4n) is 5.69. The Morgan fingerprint density at radius 2 is 1.56 bits per heavy atom. The molecular formula is C27H26N2O9S. The number of anilines is 1. The van der Waals surface area contributed by atoms with Crippen LogP contribution in [0.3, 0.4) is 0 Å². The first kappa shape index (κ1) is 25.1. The minimum atomic E-state index is -4.02. The van der Waals surface area contributed by atoms with Crippen molar-refractivity contribution >= 4 is 21.7 Å². The van der Waals surface area contributed by atoms with E-state index >= 15 is 0 Å². The van der Waals surface area contributed by atoms with Crippen LogP contribution in [-0.4, -0.2) is 47.1 Å². The van der Waals surface area contributed by atoms with Crippen LogP contribution in [0.2, 0.25) is 0 Å². The Bertz CT molecular complexity index is 1550. The second kappa shape index (κ2) is 9.24. The van der Waals surface area contributed by atoms with Crippen LogP contribution in [-0.2, 0) is 19.6 Å². The van der Waals surface area contributed by atoms with Crippen molar-refractivity contribution < 1.29 is 42.0 Å². The molecule has 0 bridgehead atoms. The number of esters is 1. The molecule has 12 heteroatoms. The number of carbonyl (C=O) groups excluding carboxylic acids is 1. The number of benzene rings is 3. The highest BCUT2D eigenvalue weighted by Gasteiger charge is 2.53. The van der Waals surface area contributed by atoms with E-state index in [0.717, 1.165) is 0 Å². The van der Waals surface area contributed by atoms with Crippen LogP contribution in [0.15, 0.2) is 53.4 Å². The topological polar surface area (TPSA) is 156 Å². The van der Waals surface area contributed by atoms with Crippen molar-refractivity contribution in [3.63, 3.8) is 0 Å². The number of sulfonamides is 1. The SMILES string of the molecule is COc1cc([C@@H]2c3cc4c(cc3[C@@H](NS(=O)(=O)c3ccc(N)cc3)[C@H]3COC(=O)[C@H]23)OCO4)cc(OC)c1O. The number of phenols is 1. The van der Waals surface area contributed by atoms with E-state index in [-0.39, 0.29) is 35.5 Å². The lowest BCUT2D eigenvalue weighted by atomic mass is 9.65. The summed E-state index contributed by atoms with van der Waals surface area (Å²) in [6.07, 6.45) is 0. The van der Waals surface area contributed by atoms with E-state index in [9.17, 15) is 18.3 Å². The zero-order chi connectivity index (χ0) is 27.5. The Kier molecular flexibility index (Phi) is 5.96. The predicted molar refractivity (Wildman–Crippen MR) is 137 cm³/mol. The molecule has 1 aliphatic carbocycles. The number of rotatable bonds is 6. The summed E-state index contributed by atoms with van der Waals surface area (Å²) in [5.74, 6) is -1.26. The molecule has 0 aromatic heterocycles. The fraction of sp³-hybridized carbons (Fsp3) is 0.296. The number of fused-ring (bicyclic) bond motifs is 3. The highest BCUT2D eigenvalue weighted by molar-refractivity contribution is 7.89. The van der Waals surface area contributed by atoms with Crippen molar-refractivity contribution in [3.05, 3.63) is 65.2 Å². The molecule has 1 fully saturated rings. The zero-order valence-electron chi connectivity index (χ0n) is 21.0. The molecule has 0 radical (unpaired) electrons. The number of hydrogen-bond acceptors (Lipinski definition) is 10. The molecule has 3 aromatic rings. The van der Waals surface area contributed by atoms with Crippen LogP contribution in [0.25, 0.3) is 0 Å². The van der Waals surface area contributed by atoms with Gasteiger partial charge in [0.25, 0.3) is 0 Å². The Labute approximate surface area is 224 Å². The number of methoxy groups -OCH3 is 2. The third kappa shape index (κ3) is 4.07. The number of carbonyl (C=O) groups is 1. The number of cyclic esters (lactones) is 1. The third-order valence-electron chi connectivity index (χ3n) is 7.52. The fourth-order valence-corrected chi connectivity index (χ4v) is 6.96. The number of nitrogens with one attached hydrogen (secondary N) is 1. The Morgan fingerprint density at radius 1 is 0.949 bits per heavy atom. The van der Waals surface area contributed by atoms with Gasteiger partial charge < -0.3 is 34.5 Å². The van der Waals surface area contributed by atoms with Crippen LogP contribution < -0.4 is 29.4 Å². The number of aromatic hydroxyl groups is 1. The van der Waals surface area contributed by atoms with Gasteiger partial charge in [-0.05, 0) is 65.2 Å². The Balaban J connectivity index is 1.54. The smallest absolute Gasteiger partial charge is 0.310 e. The third-order valence-corrected chi connectivity index (χ3v) is 8.98. The lowest BCUT2D eigenvalue weighted by Crippen LogP contribution is -2.42. The van der Waals surface area contributed by atoms with E-state index in [1.54, 1.807) is 24.3 Å². The maximum atomic E-state index is 13.5. The molecule has 204 valence electrons. The number of hydrogen-bond donors (Lipinski definition) is 3. The van der Waals surface area contributed by atoms with Gasteiger partial charge >= 0.3 is 5.97 Å². The molecule has 3 aliphatic rings. The van der Waals surface area contributed by atoms with Crippen molar-refractivity contribution in [2.45, 2.75) is 16.9 Å². The molecule has 2 heterocycles. The number of ether oxygens (including phenoxy) is 5. The minimum Gasteiger partial charge on any atom is -0.502 e. The summed E-state index contributed by atoms with van der Waals surface area (Å²) in [4.78, 5) is 13.3. The van der Waals surface area contributed by atoms with Crippen molar-refractivity contribution in [3.8, 4) is 28.7 Å². The van der Waals surface area contributed by atoms with Crippen molar-refractivity contribution in [1.82, 2.24) is 4.72 Å². The molecule has 11 nitrogen and oxygen atoms in total. The molecular weight excluding hydrogens is 528 g/mol. The summed E-state index contributed by atoms with van der Waals surface area (Å²) < 4.78 is 57.3. The zero-order valence-corrected chi connectivity index (χ0v) is 21.9. The molecule has 39 heavy (non-hydrogen) atoms. The lowest BCUT2D eigenvalue weighted by molar-refractivity contribution is -0.141. The van der Waals surface area contributed by atoms with Gasteiger partial charge in [-0.15, -0.1) is 0 Å². The molecule has 4 N–H and O–H groups in total. The molecule has 1 saturated heterocycles. The molecule has 2 aliphatic heterocycles. The number of nitrogens with two attached hydrogens (primary N) is 1. The predicted octanol–water partition coefficient (Wildman–Crippen LogP) is 2.67. The van der Waals surface area contributed by atoms with Gasteiger partial charge in [0.1, 0.15) is 0 Å². The molecule has 0 unspecified atom stereocenters. The van der Waals surface area contributed by atoms with Gasteiger partial charge in [0.2, 0.25) is 22.6 Å². The first-order chi connectivity index (χ1) is 18.7. The highest BCUT2D eigenvalue weighted by Crippen LogP contribution is 2.55. The van der Waals surface area contributed by atoms with E-state index in [2.05, 4.69) is 4.72 Å². The first-order valence-electron chi connectivity index (χ1n) is 12.1. The minimum absolute atomic E-state index is 0.00909. The van der Waals surface area contributed by atoms with Crippen LogP contribution in [0.1, 0.15) is 28.7 Å².